The molecule has 3 aliphatic rings. The smallest absolute Gasteiger partial charge is 0.111 e. The molecule has 0 spiro atoms. The van der Waals surface area contributed by atoms with E-state index in [1.807, 2.05) is 0 Å². The van der Waals surface area contributed by atoms with E-state index in [-0.39, 0.29) is 6.23 Å². The third-order valence-electron chi connectivity index (χ3n) is 6.68. The van der Waals surface area contributed by atoms with Crippen LogP contribution >= 0.6 is 0 Å². The van der Waals surface area contributed by atoms with Crippen molar-refractivity contribution in [1.29, 1.82) is 0 Å². The highest BCUT2D eigenvalue weighted by Gasteiger charge is 2.39. The predicted molar refractivity (Wildman–Crippen MR) is 102 cm³/mol. The first-order valence-electron chi connectivity index (χ1n) is 10.8. The average Bonchev–Trinajstić information content (AvgIpc) is 3.45. The summed E-state index contributed by atoms with van der Waals surface area (Å²) >= 11 is 0. The lowest BCUT2D eigenvalue weighted by Crippen LogP contribution is -2.49. The van der Waals surface area contributed by atoms with Gasteiger partial charge in [0, 0.05) is 38.8 Å². The van der Waals surface area contributed by atoms with Crippen molar-refractivity contribution in [2.24, 2.45) is 23.7 Å². The van der Waals surface area contributed by atoms with Gasteiger partial charge in [-0.1, -0.05) is 6.92 Å². The Kier molecular flexibility index (Phi) is 7.59. The first-order valence-corrected chi connectivity index (χ1v) is 10.8. The molecule has 4 unspecified atom stereocenters. The Morgan fingerprint density at radius 1 is 1.16 bits per heavy atom. The van der Waals surface area contributed by atoms with Crippen LogP contribution in [0.3, 0.4) is 0 Å². The van der Waals surface area contributed by atoms with Crippen molar-refractivity contribution in [2.45, 2.75) is 77.0 Å². The standard InChI is InChI=1S/C21H40N2O2/c1-16-11-17(5-4-10-25-2)13-18(12-16)15-23(20-7-8-20)21(24)19-6-3-9-22-14-19/h16-22,24H,3-15H2,1-2H3/t16?,17?,18?,19-,21?/m1/s1. The zero-order valence-electron chi connectivity index (χ0n) is 16.5. The molecule has 0 radical (unpaired) electrons. The monoisotopic (exact) mass is 352 g/mol. The third kappa shape index (κ3) is 5.92. The van der Waals surface area contributed by atoms with Crippen LogP contribution in [0.15, 0.2) is 0 Å². The van der Waals surface area contributed by atoms with Crippen LogP contribution in [0.1, 0.15) is 64.7 Å². The quantitative estimate of drug-likeness (QED) is 0.494. The van der Waals surface area contributed by atoms with Gasteiger partial charge in [-0.25, -0.2) is 0 Å². The van der Waals surface area contributed by atoms with Crippen molar-refractivity contribution in [1.82, 2.24) is 10.2 Å². The minimum absolute atomic E-state index is 0.232. The normalized spacial score (nSPS) is 35.0. The van der Waals surface area contributed by atoms with Crippen LogP contribution in [0, 0.1) is 23.7 Å². The number of hydrogen-bond acceptors (Lipinski definition) is 4. The number of piperidine rings is 1. The maximum Gasteiger partial charge on any atom is 0.111 e. The van der Waals surface area contributed by atoms with Crippen LogP contribution in [0.5, 0.6) is 0 Å². The minimum Gasteiger partial charge on any atom is -0.385 e. The van der Waals surface area contributed by atoms with Gasteiger partial charge < -0.3 is 15.2 Å². The molecular weight excluding hydrogens is 312 g/mol. The van der Waals surface area contributed by atoms with Gasteiger partial charge in [0.1, 0.15) is 6.23 Å². The van der Waals surface area contributed by atoms with Gasteiger partial charge in [-0.15, -0.1) is 0 Å². The summed E-state index contributed by atoms with van der Waals surface area (Å²) in [6.07, 6.45) is 11.3. The molecule has 0 aromatic carbocycles. The zero-order valence-corrected chi connectivity index (χ0v) is 16.5. The van der Waals surface area contributed by atoms with Gasteiger partial charge in [-0.3, -0.25) is 4.90 Å². The predicted octanol–water partition coefficient (Wildman–Crippen LogP) is 3.25. The second kappa shape index (κ2) is 9.68. The summed E-state index contributed by atoms with van der Waals surface area (Å²) < 4.78 is 5.24. The molecule has 1 saturated heterocycles. The fourth-order valence-corrected chi connectivity index (χ4v) is 5.38. The number of hydrogen-bond donors (Lipinski definition) is 2. The SMILES string of the molecule is COCCCC1CC(C)CC(CN(C2CC2)C(O)[C@@H]2CCCNC2)C1. The van der Waals surface area contributed by atoms with Crippen molar-refractivity contribution in [3.05, 3.63) is 0 Å². The van der Waals surface area contributed by atoms with Crippen LogP contribution in [0.4, 0.5) is 0 Å². The molecular formula is C21H40N2O2. The Balaban J connectivity index is 1.53. The van der Waals surface area contributed by atoms with Crippen molar-refractivity contribution >= 4 is 0 Å². The Hall–Kier alpha value is -0.160. The number of rotatable bonds is 9. The fraction of sp³-hybridized carbons (Fsp3) is 1.00. The first-order chi connectivity index (χ1) is 12.2. The lowest BCUT2D eigenvalue weighted by Gasteiger charge is -2.40. The van der Waals surface area contributed by atoms with Crippen LogP contribution < -0.4 is 5.32 Å². The van der Waals surface area contributed by atoms with Gasteiger partial charge in [-0.2, -0.15) is 0 Å². The molecule has 3 fully saturated rings. The number of aliphatic hydroxyl groups is 1. The Bertz CT molecular complexity index is 382. The molecule has 2 N–H and O–H groups in total. The van der Waals surface area contributed by atoms with E-state index in [0.717, 1.165) is 44.0 Å². The van der Waals surface area contributed by atoms with Crippen LogP contribution in [0.25, 0.3) is 0 Å². The molecule has 0 bridgehead atoms. The number of nitrogens with one attached hydrogen (secondary N) is 1. The van der Waals surface area contributed by atoms with E-state index in [4.69, 9.17) is 4.74 Å². The van der Waals surface area contributed by atoms with E-state index < -0.39 is 0 Å². The Morgan fingerprint density at radius 3 is 2.64 bits per heavy atom. The summed E-state index contributed by atoms with van der Waals surface area (Å²) in [6, 6.07) is 0.654. The second-order valence-electron chi connectivity index (χ2n) is 9.13. The number of nitrogens with zero attached hydrogens (tertiary/aromatic N) is 1. The van der Waals surface area contributed by atoms with Gasteiger partial charge in [0.15, 0.2) is 0 Å². The molecule has 0 aromatic rings. The fourth-order valence-electron chi connectivity index (χ4n) is 5.38. The van der Waals surface area contributed by atoms with E-state index in [2.05, 4.69) is 17.1 Å². The first kappa shape index (κ1) is 19.6. The average molecular weight is 353 g/mol. The highest BCUT2D eigenvalue weighted by Crippen LogP contribution is 2.39. The van der Waals surface area contributed by atoms with E-state index >= 15 is 0 Å². The molecule has 0 amide bonds. The molecule has 3 rings (SSSR count). The largest absolute Gasteiger partial charge is 0.385 e. The zero-order chi connectivity index (χ0) is 17.6. The van der Waals surface area contributed by atoms with Crippen LogP contribution in [-0.2, 0) is 4.74 Å². The molecule has 146 valence electrons. The molecule has 0 aromatic heterocycles. The topological polar surface area (TPSA) is 44.7 Å². The van der Waals surface area contributed by atoms with Crippen molar-refractivity contribution in [3.8, 4) is 0 Å². The molecule has 2 saturated carbocycles. The minimum atomic E-state index is -0.232. The van der Waals surface area contributed by atoms with Crippen molar-refractivity contribution < 1.29 is 9.84 Å². The van der Waals surface area contributed by atoms with Gasteiger partial charge in [-0.05, 0) is 82.1 Å². The van der Waals surface area contributed by atoms with E-state index in [1.165, 1.54) is 57.8 Å². The molecule has 1 aliphatic heterocycles. The summed E-state index contributed by atoms with van der Waals surface area (Å²) in [6.45, 7) is 6.56. The van der Waals surface area contributed by atoms with E-state index in [0.29, 0.717) is 12.0 Å². The highest BCUT2D eigenvalue weighted by atomic mass is 16.5. The maximum atomic E-state index is 11.0. The van der Waals surface area contributed by atoms with Gasteiger partial charge in [0.25, 0.3) is 0 Å². The van der Waals surface area contributed by atoms with Crippen LogP contribution in [-0.4, -0.2) is 55.6 Å². The second-order valence-corrected chi connectivity index (χ2v) is 9.13. The van der Waals surface area contributed by atoms with E-state index in [1.54, 1.807) is 7.11 Å². The summed E-state index contributed by atoms with van der Waals surface area (Å²) in [5.74, 6) is 2.88. The number of methoxy groups -OCH3 is 1. The lowest BCUT2D eigenvalue weighted by atomic mass is 9.74. The summed E-state index contributed by atoms with van der Waals surface area (Å²) in [7, 11) is 1.81. The lowest BCUT2D eigenvalue weighted by molar-refractivity contribution is -0.0636. The van der Waals surface area contributed by atoms with E-state index in [9.17, 15) is 5.11 Å². The van der Waals surface area contributed by atoms with Crippen molar-refractivity contribution in [3.63, 3.8) is 0 Å². The summed E-state index contributed by atoms with van der Waals surface area (Å²) in [4.78, 5) is 2.49. The summed E-state index contributed by atoms with van der Waals surface area (Å²) in [5, 5.41) is 14.5. The highest BCUT2D eigenvalue weighted by molar-refractivity contribution is 4.91. The van der Waals surface area contributed by atoms with Gasteiger partial charge in [0.05, 0.1) is 0 Å². The molecule has 1 heterocycles. The third-order valence-corrected chi connectivity index (χ3v) is 6.68. The molecule has 5 atom stereocenters. The summed E-state index contributed by atoms with van der Waals surface area (Å²) in [5.41, 5.74) is 0. The Morgan fingerprint density at radius 2 is 1.96 bits per heavy atom. The van der Waals surface area contributed by atoms with Crippen molar-refractivity contribution in [2.75, 3.05) is 33.4 Å². The van der Waals surface area contributed by atoms with Crippen LogP contribution in [0.2, 0.25) is 0 Å². The molecule has 4 heteroatoms. The van der Waals surface area contributed by atoms with Gasteiger partial charge >= 0.3 is 0 Å². The Labute approximate surface area is 154 Å². The van der Waals surface area contributed by atoms with Gasteiger partial charge in [0.2, 0.25) is 0 Å². The molecule has 2 aliphatic carbocycles. The maximum absolute atomic E-state index is 11.0. The molecule has 4 nitrogen and oxygen atoms in total. The number of aliphatic hydroxyl groups excluding tert-OH is 1. The number of ether oxygens (including phenoxy) is 1. The molecule has 25 heavy (non-hydrogen) atoms.